The van der Waals surface area contributed by atoms with Gasteiger partial charge in [0.1, 0.15) is 0 Å². The van der Waals surface area contributed by atoms with Crippen molar-refractivity contribution >= 4 is 27.1 Å². The van der Waals surface area contributed by atoms with Crippen molar-refractivity contribution in [2.24, 2.45) is 0 Å². The molecule has 0 fully saturated rings. The maximum Gasteiger partial charge on any atom is 0.180 e. The molecule has 0 bridgehead atoms. The van der Waals surface area contributed by atoms with E-state index in [0.29, 0.717) is 23.7 Å². The van der Waals surface area contributed by atoms with Crippen molar-refractivity contribution in [1.82, 2.24) is 0 Å². The topological polar surface area (TPSA) is 37.4 Å². The van der Waals surface area contributed by atoms with Crippen LogP contribution in [0.3, 0.4) is 0 Å². The van der Waals surface area contributed by atoms with Crippen molar-refractivity contribution in [2.75, 3.05) is 29.6 Å². The van der Waals surface area contributed by atoms with E-state index in [1.165, 1.54) is 0 Å². The summed E-state index contributed by atoms with van der Waals surface area (Å²) >= 11 is 5.82. The van der Waals surface area contributed by atoms with Gasteiger partial charge in [0, 0.05) is 19.0 Å². The molecule has 1 aromatic carbocycles. The molecule has 0 aliphatic heterocycles. The first-order valence-electron chi connectivity index (χ1n) is 6.69. The van der Waals surface area contributed by atoms with Crippen LogP contribution < -0.4 is 4.90 Å². The number of para-hydroxylation sites is 1. The van der Waals surface area contributed by atoms with Crippen LogP contribution in [0, 0.1) is 0 Å². The summed E-state index contributed by atoms with van der Waals surface area (Å²) < 4.78 is 24.6. The number of anilines is 1. The zero-order valence-corrected chi connectivity index (χ0v) is 13.2. The van der Waals surface area contributed by atoms with Crippen LogP contribution in [0.25, 0.3) is 0 Å². The van der Waals surface area contributed by atoms with Gasteiger partial charge in [-0.15, -0.1) is 11.6 Å². The molecular weight excluding hydrogens is 282 g/mol. The number of alkyl halides is 1. The van der Waals surface area contributed by atoms with Gasteiger partial charge < -0.3 is 4.90 Å². The maximum absolute atomic E-state index is 12.3. The van der Waals surface area contributed by atoms with Crippen LogP contribution in [0.1, 0.15) is 26.7 Å². The van der Waals surface area contributed by atoms with Gasteiger partial charge in [0.2, 0.25) is 0 Å². The van der Waals surface area contributed by atoms with E-state index >= 15 is 0 Å². The molecule has 0 unspecified atom stereocenters. The summed E-state index contributed by atoms with van der Waals surface area (Å²) in [6, 6.07) is 7.20. The van der Waals surface area contributed by atoms with Gasteiger partial charge in [-0.05, 0) is 25.0 Å². The molecule has 0 spiro atoms. The normalized spacial score (nSPS) is 11.5. The van der Waals surface area contributed by atoms with Gasteiger partial charge in [0.25, 0.3) is 0 Å². The fraction of sp³-hybridized carbons (Fsp3) is 0.571. The molecule has 19 heavy (non-hydrogen) atoms. The SMILES string of the molecule is CCCN(CCCl)c1ccccc1S(=O)(=O)CCC. The third-order valence-corrected chi connectivity index (χ3v) is 4.99. The van der Waals surface area contributed by atoms with Crippen LogP contribution in [-0.2, 0) is 9.84 Å². The van der Waals surface area contributed by atoms with Crippen molar-refractivity contribution in [1.29, 1.82) is 0 Å². The molecule has 0 aliphatic carbocycles. The Morgan fingerprint density at radius 1 is 1.11 bits per heavy atom. The van der Waals surface area contributed by atoms with Crippen LogP contribution in [0.15, 0.2) is 29.2 Å². The van der Waals surface area contributed by atoms with Crippen molar-refractivity contribution in [3.05, 3.63) is 24.3 Å². The number of benzene rings is 1. The van der Waals surface area contributed by atoms with Gasteiger partial charge >= 0.3 is 0 Å². The summed E-state index contributed by atoms with van der Waals surface area (Å²) in [6.45, 7) is 5.42. The van der Waals surface area contributed by atoms with E-state index in [-0.39, 0.29) is 5.75 Å². The lowest BCUT2D eigenvalue weighted by Crippen LogP contribution is -2.28. The summed E-state index contributed by atoms with van der Waals surface area (Å²) in [4.78, 5) is 2.48. The molecular formula is C14H22ClNO2S. The highest BCUT2D eigenvalue weighted by molar-refractivity contribution is 7.91. The molecule has 0 aliphatic rings. The van der Waals surface area contributed by atoms with Gasteiger partial charge in [-0.2, -0.15) is 0 Å². The zero-order chi connectivity index (χ0) is 14.3. The Bertz CT molecular complexity index is 482. The molecule has 0 amide bonds. The second-order valence-electron chi connectivity index (χ2n) is 4.46. The number of hydrogen-bond acceptors (Lipinski definition) is 3. The highest BCUT2D eigenvalue weighted by Gasteiger charge is 2.20. The third-order valence-electron chi connectivity index (χ3n) is 2.86. The Labute approximate surface area is 121 Å². The first kappa shape index (κ1) is 16.3. The largest absolute Gasteiger partial charge is 0.369 e. The minimum Gasteiger partial charge on any atom is -0.369 e. The third kappa shape index (κ3) is 4.39. The van der Waals surface area contributed by atoms with Crippen molar-refractivity contribution in [2.45, 2.75) is 31.6 Å². The van der Waals surface area contributed by atoms with Crippen LogP contribution in [0.4, 0.5) is 5.69 Å². The standard InChI is InChI=1S/C14H22ClNO2S/c1-3-10-16(11-9-15)13-7-5-6-8-14(13)19(17,18)12-4-2/h5-8H,3-4,9-12H2,1-2H3. The Hall–Kier alpha value is -0.740. The van der Waals surface area contributed by atoms with E-state index in [1.54, 1.807) is 12.1 Å². The highest BCUT2D eigenvalue weighted by atomic mass is 35.5. The zero-order valence-electron chi connectivity index (χ0n) is 11.6. The number of nitrogens with zero attached hydrogens (tertiary/aromatic N) is 1. The first-order chi connectivity index (χ1) is 9.06. The second-order valence-corrected chi connectivity index (χ2v) is 6.92. The summed E-state index contributed by atoms with van der Waals surface area (Å²) in [7, 11) is -3.21. The molecule has 1 rings (SSSR count). The van der Waals surface area contributed by atoms with Gasteiger partial charge in [-0.25, -0.2) is 8.42 Å². The molecule has 1 aromatic rings. The van der Waals surface area contributed by atoms with Crippen LogP contribution in [-0.4, -0.2) is 33.1 Å². The molecule has 0 saturated heterocycles. The summed E-state index contributed by atoms with van der Waals surface area (Å²) in [5.74, 6) is 0.674. The van der Waals surface area contributed by atoms with Crippen molar-refractivity contribution in [3.63, 3.8) is 0 Å². The van der Waals surface area contributed by atoms with Crippen molar-refractivity contribution < 1.29 is 8.42 Å². The number of sulfone groups is 1. The van der Waals surface area contributed by atoms with E-state index in [9.17, 15) is 8.42 Å². The molecule has 0 heterocycles. The monoisotopic (exact) mass is 303 g/mol. The predicted molar refractivity (Wildman–Crippen MR) is 82.0 cm³/mol. The average molecular weight is 304 g/mol. The van der Waals surface area contributed by atoms with Gasteiger partial charge in [-0.1, -0.05) is 26.0 Å². The summed E-state index contributed by atoms with van der Waals surface area (Å²) in [6.07, 6.45) is 1.58. The fourth-order valence-corrected chi connectivity index (χ4v) is 3.85. The second kappa shape index (κ2) is 7.75. The lowest BCUT2D eigenvalue weighted by molar-refractivity contribution is 0.594. The quantitative estimate of drug-likeness (QED) is 0.691. The van der Waals surface area contributed by atoms with Gasteiger partial charge in [0.05, 0.1) is 16.3 Å². The van der Waals surface area contributed by atoms with E-state index in [1.807, 2.05) is 19.1 Å². The highest BCUT2D eigenvalue weighted by Crippen LogP contribution is 2.26. The average Bonchev–Trinajstić information content (AvgIpc) is 2.38. The van der Waals surface area contributed by atoms with E-state index in [4.69, 9.17) is 11.6 Å². The van der Waals surface area contributed by atoms with Crippen molar-refractivity contribution in [3.8, 4) is 0 Å². The van der Waals surface area contributed by atoms with E-state index < -0.39 is 9.84 Å². The summed E-state index contributed by atoms with van der Waals surface area (Å²) in [5, 5.41) is 0. The first-order valence-corrected chi connectivity index (χ1v) is 8.88. The lowest BCUT2D eigenvalue weighted by atomic mass is 10.2. The van der Waals surface area contributed by atoms with Gasteiger partial charge in [0.15, 0.2) is 9.84 Å². The van der Waals surface area contributed by atoms with Crippen LogP contribution >= 0.6 is 11.6 Å². The molecule has 3 nitrogen and oxygen atoms in total. The molecule has 0 radical (unpaired) electrons. The smallest absolute Gasteiger partial charge is 0.180 e. The van der Waals surface area contributed by atoms with Crippen LogP contribution in [0.5, 0.6) is 0 Å². The minimum atomic E-state index is -3.21. The number of halogens is 1. The molecule has 0 aromatic heterocycles. The number of rotatable bonds is 8. The molecule has 5 heteroatoms. The van der Waals surface area contributed by atoms with Crippen LogP contribution in [0.2, 0.25) is 0 Å². The van der Waals surface area contributed by atoms with E-state index in [2.05, 4.69) is 11.8 Å². The summed E-state index contributed by atoms with van der Waals surface area (Å²) in [5.41, 5.74) is 0.776. The Kier molecular flexibility index (Phi) is 6.66. The fourth-order valence-electron chi connectivity index (χ4n) is 2.08. The molecule has 108 valence electrons. The van der Waals surface area contributed by atoms with Gasteiger partial charge in [-0.3, -0.25) is 0 Å². The van der Waals surface area contributed by atoms with E-state index in [0.717, 1.165) is 18.7 Å². The Morgan fingerprint density at radius 3 is 2.37 bits per heavy atom. The minimum absolute atomic E-state index is 0.185. The predicted octanol–water partition coefficient (Wildman–Crippen LogP) is 3.33. The number of hydrogen-bond donors (Lipinski definition) is 0. The maximum atomic E-state index is 12.3. The molecule has 0 saturated carbocycles. The lowest BCUT2D eigenvalue weighted by Gasteiger charge is -2.25. The molecule has 0 N–H and O–H groups in total. The molecule has 0 atom stereocenters. The Balaban J connectivity index is 3.20. The Morgan fingerprint density at radius 2 is 1.79 bits per heavy atom.